The number of hydrogen-bond donors (Lipinski definition) is 1. The van der Waals surface area contributed by atoms with Gasteiger partial charge in [-0.25, -0.2) is 9.97 Å². The second kappa shape index (κ2) is 6.36. The highest BCUT2D eigenvalue weighted by Gasteiger charge is 2.09. The predicted molar refractivity (Wildman–Crippen MR) is 99.8 cm³/mol. The molecule has 0 amide bonds. The third kappa shape index (κ3) is 3.08. The van der Waals surface area contributed by atoms with E-state index in [0.29, 0.717) is 5.82 Å². The second-order valence-electron chi connectivity index (χ2n) is 5.95. The monoisotopic (exact) mass is 330 g/mol. The Kier molecular flexibility index (Phi) is 3.90. The molecule has 0 spiro atoms. The van der Waals surface area contributed by atoms with Crippen LogP contribution in [0.5, 0.6) is 5.75 Å². The molecular formula is C20H18N4O. The Hall–Kier alpha value is -3.21. The smallest absolute Gasteiger partial charge is 0.161 e. The van der Waals surface area contributed by atoms with Gasteiger partial charge in [0.2, 0.25) is 0 Å². The van der Waals surface area contributed by atoms with Crippen LogP contribution >= 0.6 is 0 Å². The zero-order valence-electron chi connectivity index (χ0n) is 14.2. The number of aliphatic imine (C=N–C) groups is 1. The number of rotatable bonds is 4. The van der Waals surface area contributed by atoms with Crippen molar-refractivity contribution in [2.24, 2.45) is 4.99 Å². The van der Waals surface area contributed by atoms with E-state index in [1.165, 1.54) is 5.56 Å². The molecule has 0 saturated heterocycles. The standard InChI is InChI=1S/C20H18N4O/c1-13-9-17(25-2)5-6-18(13)20-22-8-7-19(24-20)23-16-4-3-14-11-21-12-15(14)10-16/h3-10,12H,11H2,1-2H3,(H,22,23,24). The molecule has 0 aliphatic carbocycles. The average Bonchev–Trinajstić information content (AvgIpc) is 3.09. The lowest BCUT2D eigenvalue weighted by molar-refractivity contribution is 0.414. The molecule has 1 aliphatic rings. The number of ether oxygens (including phenoxy) is 1. The number of anilines is 2. The molecule has 2 aromatic carbocycles. The summed E-state index contributed by atoms with van der Waals surface area (Å²) in [5.41, 5.74) is 5.46. The van der Waals surface area contributed by atoms with Crippen molar-refractivity contribution in [2.75, 3.05) is 12.4 Å². The third-order valence-electron chi connectivity index (χ3n) is 4.24. The Morgan fingerprint density at radius 3 is 2.84 bits per heavy atom. The summed E-state index contributed by atoms with van der Waals surface area (Å²) in [6.45, 7) is 2.80. The summed E-state index contributed by atoms with van der Waals surface area (Å²) < 4.78 is 5.26. The molecular weight excluding hydrogens is 312 g/mol. The van der Waals surface area contributed by atoms with E-state index in [1.807, 2.05) is 43.5 Å². The molecule has 1 aliphatic heterocycles. The van der Waals surface area contributed by atoms with Crippen LogP contribution in [0.25, 0.3) is 11.4 Å². The minimum absolute atomic E-state index is 0.688. The number of nitrogens with zero attached hydrogens (tertiary/aromatic N) is 3. The molecule has 0 atom stereocenters. The first kappa shape index (κ1) is 15.3. The van der Waals surface area contributed by atoms with E-state index >= 15 is 0 Å². The molecule has 5 nitrogen and oxygen atoms in total. The van der Waals surface area contributed by atoms with E-state index in [-0.39, 0.29) is 0 Å². The topological polar surface area (TPSA) is 59.4 Å². The summed E-state index contributed by atoms with van der Waals surface area (Å²) in [5.74, 6) is 2.28. The van der Waals surface area contributed by atoms with Crippen molar-refractivity contribution in [3.63, 3.8) is 0 Å². The lowest BCUT2D eigenvalue weighted by Crippen LogP contribution is -1.98. The van der Waals surface area contributed by atoms with Gasteiger partial charge in [0, 0.05) is 23.7 Å². The van der Waals surface area contributed by atoms with Crippen LogP contribution in [-0.4, -0.2) is 23.3 Å². The molecule has 5 heteroatoms. The number of aromatic nitrogens is 2. The van der Waals surface area contributed by atoms with Crippen LogP contribution in [0.15, 0.2) is 53.7 Å². The molecule has 2 heterocycles. The highest BCUT2D eigenvalue weighted by atomic mass is 16.5. The van der Waals surface area contributed by atoms with Gasteiger partial charge in [-0.3, -0.25) is 4.99 Å². The van der Waals surface area contributed by atoms with Gasteiger partial charge in [0.25, 0.3) is 0 Å². The maximum atomic E-state index is 5.26. The van der Waals surface area contributed by atoms with Gasteiger partial charge in [-0.2, -0.15) is 0 Å². The minimum atomic E-state index is 0.688. The molecule has 0 unspecified atom stereocenters. The Morgan fingerprint density at radius 2 is 2.00 bits per heavy atom. The van der Waals surface area contributed by atoms with E-state index in [9.17, 15) is 0 Å². The zero-order chi connectivity index (χ0) is 17.2. The molecule has 0 radical (unpaired) electrons. The van der Waals surface area contributed by atoms with Crippen LogP contribution < -0.4 is 10.1 Å². The van der Waals surface area contributed by atoms with E-state index < -0.39 is 0 Å². The zero-order valence-corrected chi connectivity index (χ0v) is 14.2. The predicted octanol–water partition coefficient (Wildman–Crippen LogP) is 4.14. The fraction of sp³-hybridized carbons (Fsp3) is 0.150. The van der Waals surface area contributed by atoms with Crippen molar-refractivity contribution in [3.8, 4) is 17.1 Å². The van der Waals surface area contributed by atoms with E-state index in [2.05, 4.69) is 32.4 Å². The Labute approximate surface area is 146 Å². The molecule has 124 valence electrons. The maximum Gasteiger partial charge on any atom is 0.161 e. The number of hydrogen-bond acceptors (Lipinski definition) is 5. The number of fused-ring (bicyclic) bond motifs is 1. The Bertz CT molecular complexity index is 966. The number of aryl methyl sites for hydroxylation is 1. The Morgan fingerprint density at radius 1 is 1.08 bits per heavy atom. The van der Waals surface area contributed by atoms with Crippen molar-refractivity contribution in [2.45, 2.75) is 13.5 Å². The van der Waals surface area contributed by atoms with Crippen LogP contribution in [0.1, 0.15) is 16.7 Å². The molecule has 1 aromatic heterocycles. The SMILES string of the molecule is COc1ccc(-c2nccc(Nc3ccc4c(c3)C=NC4)n2)c(C)c1. The largest absolute Gasteiger partial charge is 0.497 e. The first-order chi connectivity index (χ1) is 12.2. The first-order valence-electron chi connectivity index (χ1n) is 8.11. The fourth-order valence-electron chi connectivity index (χ4n) is 2.90. The summed E-state index contributed by atoms with van der Waals surface area (Å²) in [6, 6.07) is 14.0. The highest BCUT2D eigenvalue weighted by Crippen LogP contribution is 2.26. The molecule has 0 fully saturated rings. The molecule has 0 saturated carbocycles. The number of methoxy groups -OCH3 is 1. The quantitative estimate of drug-likeness (QED) is 0.781. The van der Waals surface area contributed by atoms with Gasteiger partial charge in [0.15, 0.2) is 5.82 Å². The van der Waals surface area contributed by atoms with E-state index in [1.54, 1.807) is 13.3 Å². The summed E-state index contributed by atoms with van der Waals surface area (Å²) in [6.07, 6.45) is 3.68. The van der Waals surface area contributed by atoms with Gasteiger partial charge in [-0.05, 0) is 60.0 Å². The van der Waals surface area contributed by atoms with E-state index in [4.69, 9.17) is 4.74 Å². The summed E-state index contributed by atoms with van der Waals surface area (Å²) in [7, 11) is 1.66. The van der Waals surface area contributed by atoms with Gasteiger partial charge in [-0.15, -0.1) is 0 Å². The van der Waals surface area contributed by atoms with Gasteiger partial charge >= 0.3 is 0 Å². The van der Waals surface area contributed by atoms with Crippen molar-refractivity contribution in [1.29, 1.82) is 0 Å². The van der Waals surface area contributed by atoms with Crippen LogP contribution in [0.2, 0.25) is 0 Å². The molecule has 3 aromatic rings. The number of nitrogens with one attached hydrogen (secondary N) is 1. The summed E-state index contributed by atoms with van der Waals surface area (Å²) >= 11 is 0. The average molecular weight is 330 g/mol. The molecule has 4 rings (SSSR count). The lowest BCUT2D eigenvalue weighted by Gasteiger charge is -2.10. The summed E-state index contributed by atoms with van der Waals surface area (Å²) in [4.78, 5) is 13.4. The second-order valence-corrected chi connectivity index (χ2v) is 5.95. The molecule has 1 N–H and O–H groups in total. The summed E-state index contributed by atoms with van der Waals surface area (Å²) in [5, 5.41) is 3.35. The fourth-order valence-corrected chi connectivity index (χ4v) is 2.90. The van der Waals surface area contributed by atoms with Crippen LogP contribution in [0.3, 0.4) is 0 Å². The van der Waals surface area contributed by atoms with Gasteiger partial charge in [0.05, 0.1) is 13.7 Å². The Balaban J connectivity index is 1.62. The minimum Gasteiger partial charge on any atom is -0.497 e. The van der Waals surface area contributed by atoms with Gasteiger partial charge < -0.3 is 10.1 Å². The number of benzene rings is 2. The van der Waals surface area contributed by atoms with E-state index in [0.717, 1.165) is 40.5 Å². The van der Waals surface area contributed by atoms with Crippen LogP contribution in [-0.2, 0) is 6.54 Å². The van der Waals surface area contributed by atoms with Crippen LogP contribution in [0.4, 0.5) is 11.5 Å². The molecule has 0 bridgehead atoms. The first-order valence-corrected chi connectivity index (χ1v) is 8.11. The lowest BCUT2D eigenvalue weighted by atomic mass is 10.1. The van der Waals surface area contributed by atoms with Gasteiger partial charge in [0.1, 0.15) is 11.6 Å². The van der Waals surface area contributed by atoms with Crippen LogP contribution in [0, 0.1) is 6.92 Å². The van der Waals surface area contributed by atoms with Gasteiger partial charge in [-0.1, -0.05) is 6.07 Å². The van der Waals surface area contributed by atoms with Crippen molar-refractivity contribution >= 4 is 17.7 Å². The molecule has 25 heavy (non-hydrogen) atoms. The van der Waals surface area contributed by atoms with Crippen molar-refractivity contribution < 1.29 is 4.74 Å². The third-order valence-corrected chi connectivity index (χ3v) is 4.24. The maximum absolute atomic E-state index is 5.26. The normalized spacial score (nSPS) is 12.1. The highest BCUT2D eigenvalue weighted by molar-refractivity contribution is 5.86. The van der Waals surface area contributed by atoms with Crippen molar-refractivity contribution in [3.05, 3.63) is 65.4 Å². The van der Waals surface area contributed by atoms with Crippen molar-refractivity contribution in [1.82, 2.24) is 9.97 Å².